The number of benzene rings is 1. The molecule has 2 N–H and O–H groups in total. The van der Waals surface area contributed by atoms with Crippen LogP contribution in [0.15, 0.2) is 36.5 Å². The van der Waals surface area contributed by atoms with E-state index in [1.54, 1.807) is 37.4 Å². The van der Waals surface area contributed by atoms with Crippen molar-refractivity contribution in [3.8, 4) is 11.6 Å². The van der Waals surface area contributed by atoms with Crippen LogP contribution in [0.4, 0.5) is 4.39 Å². The lowest BCUT2D eigenvalue weighted by Gasteiger charge is -2.09. The monoisotopic (exact) mass is 246 g/mol. The Balaban J connectivity index is 2.21. The number of hydrogen-bond acceptors (Lipinski definition) is 3. The second kappa shape index (κ2) is 5.14. The summed E-state index contributed by atoms with van der Waals surface area (Å²) in [6.07, 6.45) is 1.63. The van der Waals surface area contributed by atoms with Crippen LogP contribution < -0.4 is 10.5 Å². The average molecular weight is 246 g/mol. The molecule has 0 bridgehead atoms. The molecular weight excluding hydrogens is 231 g/mol. The van der Waals surface area contributed by atoms with Crippen molar-refractivity contribution in [2.75, 3.05) is 0 Å². The molecule has 1 heterocycles. The van der Waals surface area contributed by atoms with Gasteiger partial charge < -0.3 is 10.5 Å². The van der Waals surface area contributed by atoms with Crippen molar-refractivity contribution < 1.29 is 9.13 Å². The fourth-order valence-corrected chi connectivity index (χ4v) is 1.53. The topological polar surface area (TPSA) is 48.1 Å². The van der Waals surface area contributed by atoms with Crippen molar-refractivity contribution in [3.63, 3.8) is 0 Å². The zero-order chi connectivity index (χ0) is 13.1. The van der Waals surface area contributed by atoms with Crippen LogP contribution in [0.3, 0.4) is 0 Å². The summed E-state index contributed by atoms with van der Waals surface area (Å²) in [6.45, 7) is 3.56. The molecule has 0 amide bonds. The number of ether oxygens (including phenoxy) is 1. The van der Waals surface area contributed by atoms with E-state index in [2.05, 4.69) is 4.98 Å². The van der Waals surface area contributed by atoms with Gasteiger partial charge in [-0.2, -0.15) is 0 Å². The molecular formula is C14H15FN2O. The SMILES string of the molecule is Cc1cccc(Oc2ccc(C(C)N)cn2)c1F. The molecule has 18 heavy (non-hydrogen) atoms. The minimum absolute atomic E-state index is 0.0812. The number of rotatable bonds is 3. The number of nitrogens with zero attached hydrogens (tertiary/aromatic N) is 1. The Morgan fingerprint density at radius 1 is 1.28 bits per heavy atom. The fraction of sp³-hybridized carbons (Fsp3) is 0.214. The number of aryl methyl sites for hydroxylation is 1. The van der Waals surface area contributed by atoms with Crippen molar-refractivity contribution in [1.29, 1.82) is 0 Å². The number of aromatic nitrogens is 1. The lowest BCUT2D eigenvalue weighted by atomic mass is 10.2. The number of halogens is 1. The van der Waals surface area contributed by atoms with E-state index >= 15 is 0 Å². The number of hydrogen-bond donors (Lipinski definition) is 1. The van der Waals surface area contributed by atoms with Gasteiger partial charge in [0.05, 0.1) is 0 Å². The van der Waals surface area contributed by atoms with Crippen molar-refractivity contribution >= 4 is 0 Å². The predicted octanol–water partition coefficient (Wildman–Crippen LogP) is 3.34. The third kappa shape index (κ3) is 2.65. The first-order valence-corrected chi connectivity index (χ1v) is 5.72. The van der Waals surface area contributed by atoms with Gasteiger partial charge in [0.25, 0.3) is 0 Å². The largest absolute Gasteiger partial charge is 0.436 e. The predicted molar refractivity (Wildman–Crippen MR) is 68.1 cm³/mol. The third-order valence-electron chi connectivity index (χ3n) is 2.66. The Morgan fingerprint density at radius 2 is 2.06 bits per heavy atom. The lowest BCUT2D eigenvalue weighted by Crippen LogP contribution is -2.05. The van der Waals surface area contributed by atoms with E-state index in [1.807, 2.05) is 13.0 Å². The molecule has 0 radical (unpaired) electrons. The minimum Gasteiger partial charge on any atom is -0.436 e. The van der Waals surface area contributed by atoms with Gasteiger partial charge in [0.15, 0.2) is 11.6 Å². The summed E-state index contributed by atoms with van der Waals surface area (Å²) in [5.41, 5.74) is 7.17. The third-order valence-corrected chi connectivity index (χ3v) is 2.66. The Hall–Kier alpha value is -1.94. The molecule has 0 spiro atoms. The standard InChI is InChI=1S/C14H15FN2O/c1-9-4-3-5-12(14(9)15)18-13-7-6-11(8-17-13)10(2)16/h3-8,10H,16H2,1-2H3. The van der Waals surface area contributed by atoms with E-state index in [0.717, 1.165) is 5.56 Å². The van der Waals surface area contributed by atoms with Crippen molar-refractivity contribution in [3.05, 3.63) is 53.5 Å². The van der Waals surface area contributed by atoms with Gasteiger partial charge in [-0.25, -0.2) is 9.37 Å². The summed E-state index contributed by atoms with van der Waals surface area (Å²) in [7, 11) is 0. The highest BCUT2D eigenvalue weighted by atomic mass is 19.1. The highest BCUT2D eigenvalue weighted by molar-refractivity contribution is 5.33. The van der Waals surface area contributed by atoms with E-state index in [4.69, 9.17) is 10.5 Å². The molecule has 2 aromatic rings. The molecule has 2 rings (SSSR count). The molecule has 0 saturated heterocycles. The second-order valence-electron chi connectivity index (χ2n) is 4.21. The van der Waals surface area contributed by atoms with Gasteiger partial charge in [-0.05, 0) is 31.0 Å². The molecule has 0 aliphatic carbocycles. The zero-order valence-corrected chi connectivity index (χ0v) is 10.4. The van der Waals surface area contributed by atoms with Crippen LogP contribution in [0.2, 0.25) is 0 Å². The first-order valence-electron chi connectivity index (χ1n) is 5.72. The van der Waals surface area contributed by atoms with Gasteiger partial charge >= 0.3 is 0 Å². The highest BCUT2D eigenvalue weighted by Gasteiger charge is 2.08. The van der Waals surface area contributed by atoms with E-state index in [1.165, 1.54) is 0 Å². The van der Waals surface area contributed by atoms with Crippen LogP contribution in [0.1, 0.15) is 24.1 Å². The van der Waals surface area contributed by atoms with E-state index in [9.17, 15) is 4.39 Å². The molecule has 94 valence electrons. The Bertz CT molecular complexity index is 538. The van der Waals surface area contributed by atoms with Crippen LogP contribution in [0.25, 0.3) is 0 Å². The van der Waals surface area contributed by atoms with E-state index in [0.29, 0.717) is 11.4 Å². The van der Waals surface area contributed by atoms with Crippen molar-refractivity contribution in [2.24, 2.45) is 5.73 Å². The summed E-state index contributed by atoms with van der Waals surface area (Å²) in [5.74, 6) is 0.163. The average Bonchev–Trinajstić information content (AvgIpc) is 2.36. The molecule has 3 nitrogen and oxygen atoms in total. The highest BCUT2D eigenvalue weighted by Crippen LogP contribution is 2.25. The van der Waals surface area contributed by atoms with Gasteiger partial charge in [0.2, 0.25) is 5.88 Å². The number of pyridine rings is 1. The molecule has 1 atom stereocenters. The molecule has 0 fully saturated rings. The molecule has 0 aliphatic heterocycles. The van der Waals surface area contributed by atoms with Gasteiger partial charge in [-0.1, -0.05) is 18.2 Å². The second-order valence-corrected chi connectivity index (χ2v) is 4.21. The van der Waals surface area contributed by atoms with Crippen LogP contribution >= 0.6 is 0 Å². The summed E-state index contributed by atoms with van der Waals surface area (Å²) in [5, 5.41) is 0. The van der Waals surface area contributed by atoms with Crippen LogP contribution in [-0.4, -0.2) is 4.98 Å². The van der Waals surface area contributed by atoms with Crippen molar-refractivity contribution in [1.82, 2.24) is 4.98 Å². The minimum atomic E-state index is -0.365. The van der Waals surface area contributed by atoms with E-state index in [-0.39, 0.29) is 17.6 Å². The first kappa shape index (κ1) is 12.5. The summed E-state index contributed by atoms with van der Waals surface area (Å²) in [6, 6.07) is 8.42. The first-order chi connectivity index (χ1) is 8.58. The van der Waals surface area contributed by atoms with Crippen LogP contribution in [0, 0.1) is 12.7 Å². The van der Waals surface area contributed by atoms with Gasteiger partial charge in [0, 0.05) is 18.3 Å². The van der Waals surface area contributed by atoms with Crippen LogP contribution in [-0.2, 0) is 0 Å². The van der Waals surface area contributed by atoms with Gasteiger partial charge in [0.1, 0.15) is 0 Å². The Labute approximate surface area is 105 Å². The fourth-order valence-electron chi connectivity index (χ4n) is 1.53. The molecule has 4 heteroatoms. The summed E-state index contributed by atoms with van der Waals surface area (Å²) >= 11 is 0. The van der Waals surface area contributed by atoms with Crippen molar-refractivity contribution in [2.45, 2.75) is 19.9 Å². The number of nitrogens with two attached hydrogens (primary N) is 1. The molecule has 1 unspecified atom stereocenters. The maximum absolute atomic E-state index is 13.7. The molecule has 1 aromatic carbocycles. The van der Waals surface area contributed by atoms with Crippen LogP contribution in [0.5, 0.6) is 11.6 Å². The van der Waals surface area contributed by atoms with E-state index < -0.39 is 0 Å². The van der Waals surface area contributed by atoms with Gasteiger partial charge in [-0.3, -0.25) is 0 Å². The maximum atomic E-state index is 13.7. The summed E-state index contributed by atoms with van der Waals surface area (Å²) in [4.78, 5) is 4.10. The smallest absolute Gasteiger partial charge is 0.219 e. The normalized spacial score (nSPS) is 12.2. The maximum Gasteiger partial charge on any atom is 0.219 e. The molecule has 1 aromatic heterocycles. The lowest BCUT2D eigenvalue weighted by molar-refractivity contribution is 0.425. The summed E-state index contributed by atoms with van der Waals surface area (Å²) < 4.78 is 19.1. The molecule has 0 aliphatic rings. The zero-order valence-electron chi connectivity index (χ0n) is 10.4. The van der Waals surface area contributed by atoms with Gasteiger partial charge in [-0.15, -0.1) is 0 Å². The Kier molecular flexibility index (Phi) is 3.58. The quantitative estimate of drug-likeness (QED) is 0.903. The molecule has 0 saturated carbocycles. The Morgan fingerprint density at radius 3 is 2.67 bits per heavy atom.